The van der Waals surface area contributed by atoms with Crippen molar-refractivity contribution in [1.82, 2.24) is 9.97 Å². The molecule has 2 heterocycles. The van der Waals surface area contributed by atoms with Gasteiger partial charge < -0.3 is 5.11 Å². The number of hydrogen-bond donors (Lipinski definition) is 1. The molecule has 0 aliphatic carbocycles. The molecule has 0 amide bonds. The molecule has 20 heavy (non-hydrogen) atoms. The fraction of sp³-hybridized carbons (Fsp3) is 0.0833. The van der Waals surface area contributed by atoms with Crippen molar-refractivity contribution in [3.63, 3.8) is 0 Å². The van der Waals surface area contributed by atoms with Crippen LogP contribution in [0.25, 0.3) is 0 Å². The summed E-state index contributed by atoms with van der Waals surface area (Å²) < 4.78 is 37.1. The van der Waals surface area contributed by atoms with Crippen LogP contribution in [-0.2, 0) is 6.18 Å². The van der Waals surface area contributed by atoms with Crippen molar-refractivity contribution in [2.75, 3.05) is 0 Å². The van der Waals surface area contributed by atoms with Gasteiger partial charge in [0.25, 0.3) is 0 Å². The maximum absolute atomic E-state index is 12.4. The van der Waals surface area contributed by atoms with Gasteiger partial charge in [-0.3, -0.25) is 0 Å². The predicted molar refractivity (Wildman–Crippen MR) is 64.6 cm³/mol. The Morgan fingerprint density at radius 3 is 2.50 bits per heavy atom. The third-order valence-electron chi connectivity index (χ3n) is 2.27. The number of rotatable bonds is 3. The maximum atomic E-state index is 12.4. The Bertz CT molecular complexity index is 629. The number of pyridine rings is 2. The minimum atomic E-state index is -4.45. The molecule has 4 nitrogen and oxygen atoms in total. The van der Waals surface area contributed by atoms with E-state index in [2.05, 4.69) is 9.97 Å². The van der Waals surface area contributed by atoms with E-state index < -0.39 is 17.7 Å². The first kappa shape index (κ1) is 14.3. The SMILES string of the molecule is O=C(O)c1cccnc1Sc1ccc(C(F)(F)F)cn1. The van der Waals surface area contributed by atoms with Gasteiger partial charge in [0, 0.05) is 12.4 Å². The Kier molecular flexibility index (Phi) is 3.93. The van der Waals surface area contributed by atoms with Gasteiger partial charge >= 0.3 is 12.1 Å². The molecule has 1 N–H and O–H groups in total. The molecule has 0 fully saturated rings. The average molecular weight is 300 g/mol. The van der Waals surface area contributed by atoms with Gasteiger partial charge in [-0.25, -0.2) is 14.8 Å². The lowest BCUT2D eigenvalue weighted by Crippen LogP contribution is -2.05. The van der Waals surface area contributed by atoms with Gasteiger partial charge in [0.15, 0.2) is 0 Å². The molecule has 0 saturated heterocycles. The number of carboxylic acid groups (broad SMARTS) is 1. The van der Waals surface area contributed by atoms with E-state index >= 15 is 0 Å². The third kappa shape index (κ3) is 3.27. The van der Waals surface area contributed by atoms with Gasteiger partial charge in [0.05, 0.1) is 11.1 Å². The Morgan fingerprint density at radius 2 is 1.95 bits per heavy atom. The van der Waals surface area contributed by atoms with E-state index in [1.165, 1.54) is 24.4 Å². The molecule has 0 atom stereocenters. The molecular weight excluding hydrogens is 293 g/mol. The van der Waals surface area contributed by atoms with Crippen LogP contribution < -0.4 is 0 Å². The molecule has 2 rings (SSSR count). The van der Waals surface area contributed by atoms with Gasteiger partial charge in [-0.1, -0.05) is 0 Å². The van der Waals surface area contributed by atoms with Crippen molar-refractivity contribution in [3.8, 4) is 0 Å². The van der Waals surface area contributed by atoms with Crippen molar-refractivity contribution in [3.05, 3.63) is 47.8 Å². The Morgan fingerprint density at radius 1 is 1.20 bits per heavy atom. The van der Waals surface area contributed by atoms with Crippen LogP contribution in [0.3, 0.4) is 0 Å². The molecule has 0 bridgehead atoms. The fourth-order valence-corrected chi connectivity index (χ4v) is 2.16. The summed E-state index contributed by atoms with van der Waals surface area (Å²) in [6.45, 7) is 0. The van der Waals surface area contributed by atoms with E-state index in [-0.39, 0.29) is 15.6 Å². The molecule has 0 spiro atoms. The van der Waals surface area contributed by atoms with E-state index in [1.54, 1.807) is 0 Å². The zero-order chi connectivity index (χ0) is 14.8. The molecule has 0 aromatic carbocycles. The summed E-state index contributed by atoms with van der Waals surface area (Å²) in [5.74, 6) is -1.16. The van der Waals surface area contributed by atoms with Crippen molar-refractivity contribution in [2.45, 2.75) is 16.2 Å². The predicted octanol–water partition coefficient (Wildman–Crippen LogP) is 3.34. The van der Waals surface area contributed by atoms with Crippen molar-refractivity contribution < 1.29 is 23.1 Å². The van der Waals surface area contributed by atoms with Gasteiger partial charge in [-0.2, -0.15) is 13.2 Å². The summed E-state index contributed by atoms with van der Waals surface area (Å²) in [4.78, 5) is 18.5. The fourth-order valence-electron chi connectivity index (χ4n) is 1.34. The molecule has 0 aliphatic heterocycles. The first-order valence-corrected chi connectivity index (χ1v) is 6.09. The van der Waals surface area contributed by atoms with E-state index in [0.29, 0.717) is 6.20 Å². The highest BCUT2D eigenvalue weighted by atomic mass is 32.2. The zero-order valence-electron chi connectivity index (χ0n) is 9.76. The molecule has 2 aromatic heterocycles. The lowest BCUT2D eigenvalue weighted by atomic mass is 10.3. The van der Waals surface area contributed by atoms with Crippen LogP contribution in [-0.4, -0.2) is 21.0 Å². The lowest BCUT2D eigenvalue weighted by molar-refractivity contribution is -0.137. The second-order valence-electron chi connectivity index (χ2n) is 3.65. The smallest absolute Gasteiger partial charge is 0.417 e. The Labute approximate surface area is 115 Å². The largest absolute Gasteiger partial charge is 0.478 e. The number of halogens is 3. The molecule has 8 heteroatoms. The summed E-state index contributed by atoms with van der Waals surface area (Å²) in [5.41, 5.74) is -0.888. The van der Waals surface area contributed by atoms with E-state index in [1.807, 2.05) is 0 Å². The molecule has 0 unspecified atom stereocenters. The third-order valence-corrected chi connectivity index (χ3v) is 3.24. The van der Waals surface area contributed by atoms with Crippen LogP contribution in [0.4, 0.5) is 13.2 Å². The monoisotopic (exact) mass is 300 g/mol. The van der Waals surface area contributed by atoms with Crippen molar-refractivity contribution in [1.29, 1.82) is 0 Å². The topological polar surface area (TPSA) is 63.1 Å². The average Bonchev–Trinajstić information content (AvgIpc) is 2.38. The van der Waals surface area contributed by atoms with E-state index in [9.17, 15) is 18.0 Å². The van der Waals surface area contributed by atoms with Crippen LogP contribution in [0.2, 0.25) is 0 Å². The first-order valence-electron chi connectivity index (χ1n) is 5.27. The van der Waals surface area contributed by atoms with Crippen molar-refractivity contribution in [2.24, 2.45) is 0 Å². The number of carbonyl (C=O) groups is 1. The van der Waals surface area contributed by atoms with Crippen LogP contribution in [0.15, 0.2) is 46.7 Å². The minimum Gasteiger partial charge on any atom is -0.478 e. The second kappa shape index (κ2) is 5.49. The highest BCUT2D eigenvalue weighted by Crippen LogP contribution is 2.31. The first-order chi connectivity index (χ1) is 9.38. The van der Waals surface area contributed by atoms with E-state index in [4.69, 9.17) is 5.11 Å². The second-order valence-corrected chi connectivity index (χ2v) is 4.66. The molecule has 2 aromatic rings. The van der Waals surface area contributed by atoms with E-state index in [0.717, 1.165) is 17.8 Å². The van der Waals surface area contributed by atoms with Gasteiger partial charge in [0.1, 0.15) is 10.1 Å². The molecule has 0 saturated carbocycles. The summed E-state index contributed by atoms with van der Waals surface area (Å²) >= 11 is 0.891. The van der Waals surface area contributed by atoms with Crippen LogP contribution >= 0.6 is 11.8 Å². The maximum Gasteiger partial charge on any atom is 0.417 e. The Balaban J connectivity index is 2.25. The lowest BCUT2D eigenvalue weighted by Gasteiger charge is -2.07. The highest BCUT2D eigenvalue weighted by Gasteiger charge is 2.30. The number of aromatic nitrogens is 2. The summed E-state index contributed by atoms with van der Waals surface area (Å²) in [6.07, 6.45) is -2.35. The summed E-state index contributed by atoms with van der Waals surface area (Å²) in [6, 6.07) is 4.89. The number of carboxylic acids is 1. The molecular formula is C12H7F3N2O2S. The molecule has 104 valence electrons. The van der Waals surface area contributed by atoms with Crippen LogP contribution in [0.1, 0.15) is 15.9 Å². The summed E-state index contributed by atoms with van der Waals surface area (Å²) in [7, 11) is 0. The standard InChI is InChI=1S/C12H7F3N2O2S/c13-12(14,15)7-3-4-9(17-6-7)20-10-8(11(18)19)2-1-5-16-10/h1-6H,(H,18,19). The molecule has 0 radical (unpaired) electrons. The quantitative estimate of drug-likeness (QED) is 0.942. The summed E-state index contributed by atoms with van der Waals surface area (Å²) in [5, 5.41) is 9.38. The van der Waals surface area contributed by atoms with Gasteiger partial charge in [0.2, 0.25) is 0 Å². The number of aromatic carboxylic acids is 1. The van der Waals surface area contributed by atoms with Crippen LogP contribution in [0.5, 0.6) is 0 Å². The van der Waals surface area contributed by atoms with Crippen LogP contribution in [0, 0.1) is 0 Å². The molecule has 0 aliphatic rings. The normalized spacial score (nSPS) is 11.3. The van der Waals surface area contributed by atoms with Gasteiger partial charge in [-0.15, -0.1) is 0 Å². The Hall–Kier alpha value is -2.09. The van der Waals surface area contributed by atoms with Gasteiger partial charge in [-0.05, 0) is 36.0 Å². The number of alkyl halides is 3. The minimum absolute atomic E-state index is 0.0285. The number of nitrogens with zero attached hydrogens (tertiary/aromatic N) is 2. The van der Waals surface area contributed by atoms with Crippen molar-refractivity contribution >= 4 is 17.7 Å². The zero-order valence-corrected chi connectivity index (χ0v) is 10.6. The number of hydrogen-bond acceptors (Lipinski definition) is 4. The highest BCUT2D eigenvalue weighted by molar-refractivity contribution is 7.99.